The topological polar surface area (TPSA) is 98.5 Å². The lowest BCUT2D eigenvalue weighted by Gasteiger charge is -2.20. The van der Waals surface area contributed by atoms with Crippen molar-refractivity contribution in [3.05, 3.63) is 75.3 Å². The monoisotopic (exact) mass is 370 g/mol. The summed E-state index contributed by atoms with van der Waals surface area (Å²) in [7, 11) is 0. The molecule has 0 aliphatic rings. The molecule has 0 saturated heterocycles. The van der Waals surface area contributed by atoms with Crippen LogP contribution in [-0.4, -0.2) is 22.3 Å². The summed E-state index contributed by atoms with van der Waals surface area (Å²) in [4.78, 5) is 35.0. The maximum Gasteiger partial charge on any atom is 0.338 e. The van der Waals surface area contributed by atoms with Crippen molar-refractivity contribution in [2.24, 2.45) is 0 Å². The van der Waals surface area contributed by atoms with Gasteiger partial charge in [-0.1, -0.05) is 12.1 Å². The second-order valence-corrected chi connectivity index (χ2v) is 7.14. The largest absolute Gasteiger partial charge is 0.454 e. The zero-order valence-corrected chi connectivity index (χ0v) is 15.7. The van der Waals surface area contributed by atoms with Crippen LogP contribution in [0.2, 0.25) is 0 Å². The van der Waals surface area contributed by atoms with Gasteiger partial charge in [-0.15, -0.1) is 0 Å². The summed E-state index contributed by atoms with van der Waals surface area (Å²) in [5.41, 5.74) is 0.527. The predicted molar refractivity (Wildman–Crippen MR) is 101 cm³/mol. The first-order chi connectivity index (χ1) is 12.6. The van der Waals surface area contributed by atoms with Crippen molar-refractivity contribution in [2.75, 3.05) is 0 Å². The van der Waals surface area contributed by atoms with Gasteiger partial charge in [0.2, 0.25) is 0 Å². The van der Waals surface area contributed by atoms with Crippen LogP contribution < -0.4 is 5.32 Å². The Morgan fingerprint density at radius 3 is 2.15 bits per heavy atom. The van der Waals surface area contributed by atoms with Gasteiger partial charge in [-0.2, -0.15) is 0 Å². The molecule has 1 amide bonds. The van der Waals surface area contributed by atoms with Gasteiger partial charge in [0.05, 0.1) is 16.1 Å². The molecule has 0 radical (unpaired) electrons. The molecule has 7 heteroatoms. The van der Waals surface area contributed by atoms with E-state index in [-0.39, 0.29) is 22.7 Å². The van der Waals surface area contributed by atoms with Crippen LogP contribution in [0.1, 0.15) is 60.1 Å². The molecular weight excluding hydrogens is 348 g/mol. The number of nitrogens with one attached hydrogen (secondary N) is 1. The molecule has 0 spiro atoms. The Morgan fingerprint density at radius 1 is 1.04 bits per heavy atom. The standard InChI is InChI=1S/C20H22N2O5/c1-13(16-7-5-6-8-17(16)22(25)26)27-19(24)15-11-9-14(10-12-15)18(23)21-20(2,3)4/h5-13H,1-4H3,(H,21,23). The van der Waals surface area contributed by atoms with Crippen molar-refractivity contribution in [3.8, 4) is 0 Å². The minimum Gasteiger partial charge on any atom is -0.454 e. The van der Waals surface area contributed by atoms with Gasteiger partial charge in [-0.25, -0.2) is 4.79 Å². The molecule has 7 nitrogen and oxygen atoms in total. The maximum absolute atomic E-state index is 12.3. The van der Waals surface area contributed by atoms with E-state index in [0.717, 1.165) is 0 Å². The van der Waals surface area contributed by atoms with Crippen molar-refractivity contribution in [1.82, 2.24) is 5.32 Å². The van der Waals surface area contributed by atoms with Crippen molar-refractivity contribution < 1.29 is 19.2 Å². The molecule has 142 valence electrons. The minimum absolute atomic E-state index is 0.105. The molecule has 0 saturated carbocycles. The van der Waals surface area contributed by atoms with Crippen LogP contribution in [0.4, 0.5) is 5.69 Å². The quantitative estimate of drug-likeness (QED) is 0.486. The number of hydrogen-bond acceptors (Lipinski definition) is 5. The van der Waals surface area contributed by atoms with Gasteiger partial charge >= 0.3 is 5.97 Å². The Morgan fingerprint density at radius 2 is 1.59 bits per heavy atom. The molecule has 2 aromatic rings. The molecular formula is C20H22N2O5. The third-order valence-electron chi connectivity index (χ3n) is 3.73. The highest BCUT2D eigenvalue weighted by atomic mass is 16.6. The molecule has 2 rings (SSSR count). The number of amides is 1. The fourth-order valence-corrected chi connectivity index (χ4v) is 2.46. The van der Waals surface area contributed by atoms with E-state index in [4.69, 9.17) is 4.74 Å². The molecule has 0 aromatic heterocycles. The lowest BCUT2D eigenvalue weighted by Crippen LogP contribution is -2.40. The molecule has 0 heterocycles. The Hall–Kier alpha value is -3.22. The Balaban J connectivity index is 2.10. The van der Waals surface area contributed by atoms with Crippen molar-refractivity contribution in [3.63, 3.8) is 0 Å². The van der Waals surface area contributed by atoms with Gasteiger partial charge in [0.1, 0.15) is 6.10 Å². The number of para-hydroxylation sites is 1. The van der Waals surface area contributed by atoms with Gasteiger partial charge in [0.15, 0.2) is 0 Å². The van der Waals surface area contributed by atoms with Crippen LogP contribution in [0.3, 0.4) is 0 Å². The van der Waals surface area contributed by atoms with E-state index >= 15 is 0 Å². The molecule has 1 N–H and O–H groups in total. The second-order valence-electron chi connectivity index (χ2n) is 7.14. The number of nitrogens with zero attached hydrogens (tertiary/aromatic N) is 1. The molecule has 27 heavy (non-hydrogen) atoms. The van der Waals surface area contributed by atoms with E-state index in [1.807, 2.05) is 20.8 Å². The third-order valence-corrected chi connectivity index (χ3v) is 3.73. The van der Waals surface area contributed by atoms with Gasteiger partial charge in [0, 0.05) is 17.2 Å². The first-order valence-electron chi connectivity index (χ1n) is 8.45. The first kappa shape index (κ1) is 20.1. The average molecular weight is 370 g/mol. The van der Waals surface area contributed by atoms with E-state index in [2.05, 4.69) is 5.32 Å². The summed E-state index contributed by atoms with van der Waals surface area (Å²) in [5, 5.41) is 13.9. The number of esters is 1. The number of ether oxygens (including phenoxy) is 1. The van der Waals surface area contributed by atoms with Crippen LogP contribution in [-0.2, 0) is 4.74 Å². The lowest BCUT2D eigenvalue weighted by atomic mass is 10.1. The number of hydrogen-bond donors (Lipinski definition) is 1. The van der Waals surface area contributed by atoms with Gasteiger partial charge in [-0.3, -0.25) is 14.9 Å². The molecule has 0 fully saturated rings. The van der Waals surface area contributed by atoms with Crippen LogP contribution in [0, 0.1) is 10.1 Å². The lowest BCUT2D eigenvalue weighted by molar-refractivity contribution is -0.386. The zero-order chi connectivity index (χ0) is 20.2. The highest BCUT2D eigenvalue weighted by Crippen LogP contribution is 2.27. The van der Waals surface area contributed by atoms with Crippen molar-refractivity contribution >= 4 is 17.6 Å². The first-order valence-corrected chi connectivity index (χ1v) is 8.45. The Labute approximate surface area is 157 Å². The van der Waals surface area contributed by atoms with Crippen LogP contribution >= 0.6 is 0 Å². The van der Waals surface area contributed by atoms with E-state index in [1.165, 1.54) is 30.3 Å². The Bertz CT molecular complexity index is 853. The van der Waals surface area contributed by atoms with E-state index < -0.39 is 17.0 Å². The van der Waals surface area contributed by atoms with Crippen LogP contribution in [0.15, 0.2) is 48.5 Å². The number of carbonyl (C=O) groups excluding carboxylic acids is 2. The number of rotatable bonds is 5. The summed E-state index contributed by atoms with van der Waals surface area (Å²) in [5.74, 6) is -0.862. The van der Waals surface area contributed by atoms with Gasteiger partial charge < -0.3 is 10.1 Å². The molecule has 2 aromatic carbocycles. The summed E-state index contributed by atoms with van der Waals surface area (Å²) in [6, 6.07) is 12.2. The van der Waals surface area contributed by atoms with E-state index in [9.17, 15) is 19.7 Å². The second kappa shape index (κ2) is 7.99. The highest BCUT2D eigenvalue weighted by molar-refractivity contribution is 5.96. The number of benzene rings is 2. The minimum atomic E-state index is -0.789. The van der Waals surface area contributed by atoms with Crippen molar-refractivity contribution in [2.45, 2.75) is 39.3 Å². The summed E-state index contributed by atoms with van der Waals surface area (Å²) in [6.07, 6.45) is -0.789. The number of nitro groups is 1. The number of nitro benzene ring substituents is 1. The highest BCUT2D eigenvalue weighted by Gasteiger charge is 2.22. The van der Waals surface area contributed by atoms with Crippen LogP contribution in [0.25, 0.3) is 0 Å². The summed E-state index contributed by atoms with van der Waals surface area (Å²) < 4.78 is 5.35. The van der Waals surface area contributed by atoms with Gasteiger partial charge in [0.25, 0.3) is 11.6 Å². The van der Waals surface area contributed by atoms with E-state index in [1.54, 1.807) is 25.1 Å². The smallest absolute Gasteiger partial charge is 0.338 e. The Kier molecular flexibility index (Phi) is 5.95. The van der Waals surface area contributed by atoms with Crippen LogP contribution in [0.5, 0.6) is 0 Å². The SMILES string of the molecule is CC(OC(=O)c1ccc(C(=O)NC(C)(C)C)cc1)c1ccccc1[N+](=O)[O-]. The summed E-state index contributed by atoms with van der Waals surface area (Å²) in [6.45, 7) is 7.20. The fraction of sp³-hybridized carbons (Fsp3) is 0.300. The third kappa shape index (κ3) is 5.37. The average Bonchev–Trinajstić information content (AvgIpc) is 2.60. The molecule has 1 unspecified atom stereocenters. The maximum atomic E-state index is 12.3. The normalized spacial score (nSPS) is 12.1. The zero-order valence-electron chi connectivity index (χ0n) is 15.7. The predicted octanol–water partition coefficient (Wildman–Crippen LogP) is 4.04. The number of carbonyl (C=O) groups is 2. The van der Waals surface area contributed by atoms with E-state index in [0.29, 0.717) is 11.1 Å². The molecule has 1 atom stereocenters. The fourth-order valence-electron chi connectivity index (χ4n) is 2.46. The van der Waals surface area contributed by atoms with Crippen molar-refractivity contribution in [1.29, 1.82) is 0 Å². The van der Waals surface area contributed by atoms with Gasteiger partial charge in [-0.05, 0) is 58.0 Å². The molecule has 0 aliphatic carbocycles. The molecule has 0 bridgehead atoms. The molecule has 0 aliphatic heterocycles. The summed E-state index contributed by atoms with van der Waals surface area (Å²) >= 11 is 0.